The molecule has 3 aromatic rings. The van der Waals surface area contributed by atoms with Gasteiger partial charge in [0, 0.05) is 51.0 Å². The van der Waals surface area contributed by atoms with Crippen LogP contribution in [0, 0.1) is 0 Å². The van der Waals surface area contributed by atoms with Crippen molar-refractivity contribution in [3.8, 4) is 0 Å². The van der Waals surface area contributed by atoms with E-state index in [1.165, 1.54) is 12.5 Å². The first-order valence-electron chi connectivity index (χ1n) is 15.7. The number of likely N-dealkylation sites (N-methyl/N-ethyl adjacent to an activating group) is 1. The molecule has 2 amide bonds. The number of ether oxygens (including phenoxy) is 2. The summed E-state index contributed by atoms with van der Waals surface area (Å²) in [5.41, 5.74) is 5.13. The zero-order chi connectivity index (χ0) is 31.3. The van der Waals surface area contributed by atoms with Crippen molar-refractivity contribution < 1.29 is 24.2 Å². The molecule has 8 heteroatoms. The fourth-order valence-electron chi connectivity index (χ4n) is 5.43. The number of unbranched alkanes of at least 4 members (excludes halogenated alkanes) is 2. The minimum absolute atomic E-state index is 0.00900. The Balaban J connectivity index is 1.36. The number of aliphatic hydroxyl groups is 1. The van der Waals surface area contributed by atoms with Crippen LogP contribution >= 0.6 is 0 Å². The Labute approximate surface area is 261 Å². The molecule has 1 heterocycles. The van der Waals surface area contributed by atoms with E-state index in [4.69, 9.17) is 9.47 Å². The number of aliphatic hydroxyl groups excluding tert-OH is 1. The van der Waals surface area contributed by atoms with Gasteiger partial charge in [0.2, 0.25) is 11.8 Å². The molecule has 1 fully saturated rings. The highest BCUT2D eigenvalue weighted by Crippen LogP contribution is 2.38. The summed E-state index contributed by atoms with van der Waals surface area (Å²) in [7, 11) is 2.13. The predicted molar refractivity (Wildman–Crippen MR) is 171 cm³/mol. The summed E-state index contributed by atoms with van der Waals surface area (Å²) in [4.78, 5) is 25.6. The molecule has 4 unspecified atom stereocenters. The maximum absolute atomic E-state index is 12.3. The zero-order valence-electron chi connectivity index (χ0n) is 26.2. The third-order valence-electron chi connectivity index (χ3n) is 8.25. The number of nitrogens with zero attached hydrogens (tertiary/aromatic N) is 1. The van der Waals surface area contributed by atoms with E-state index in [9.17, 15) is 14.7 Å². The molecule has 1 aliphatic heterocycles. The van der Waals surface area contributed by atoms with Gasteiger partial charge in [-0.1, -0.05) is 85.3 Å². The van der Waals surface area contributed by atoms with Gasteiger partial charge in [-0.25, -0.2) is 0 Å². The number of carbonyl (C=O) groups is 2. The number of amides is 2. The number of hydrogen-bond acceptors (Lipinski definition) is 6. The van der Waals surface area contributed by atoms with Crippen molar-refractivity contribution in [3.63, 3.8) is 0 Å². The second kappa shape index (κ2) is 17.1. The van der Waals surface area contributed by atoms with Crippen LogP contribution in [-0.2, 0) is 32.2 Å². The molecular formula is C36H47N3O5. The van der Waals surface area contributed by atoms with Crippen molar-refractivity contribution >= 4 is 11.8 Å². The zero-order valence-corrected chi connectivity index (χ0v) is 26.2. The van der Waals surface area contributed by atoms with Gasteiger partial charge in [0.1, 0.15) is 0 Å². The van der Waals surface area contributed by atoms with Gasteiger partial charge in [0.05, 0.1) is 18.8 Å². The quantitative estimate of drug-likeness (QED) is 0.193. The van der Waals surface area contributed by atoms with Gasteiger partial charge in [-0.05, 0) is 49.1 Å². The van der Waals surface area contributed by atoms with E-state index in [2.05, 4.69) is 53.8 Å². The van der Waals surface area contributed by atoms with Gasteiger partial charge >= 0.3 is 0 Å². The molecule has 4 atom stereocenters. The average Bonchev–Trinajstić information content (AvgIpc) is 3.05. The van der Waals surface area contributed by atoms with Crippen molar-refractivity contribution in [1.82, 2.24) is 15.5 Å². The Morgan fingerprint density at radius 1 is 0.886 bits per heavy atom. The number of hydrogen-bond donors (Lipinski definition) is 3. The number of rotatable bonds is 15. The van der Waals surface area contributed by atoms with E-state index in [0.717, 1.165) is 54.5 Å². The molecule has 3 N–H and O–H groups in total. The summed E-state index contributed by atoms with van der Waals surface area (Å²) in [6, 6.07) is 26.7. The smallest absolute Gasteiger partial charge is 0.220 e. The molecule has 3 aromatic carbocycles. The van der Waals surface area contributed by atoms with E-state index in [1.807, 2.05) is 54.6 Å². The fourth-order valence-corrected chi connectivity index (χ4v) is 5.43. The van der Waals surface area contributed by atoms with E-state index < -0.39 is 6.29 Å². The molecule has 0 bridgehead atoms. The molecule has 0 saturated carbocycles. The Kier molecular flexibility index (Phi) is 12.9. The molecule has 236 valence electrons. The first-order valence-corrected chi connectivity index (χ1v) is 15.7. The molecule has 1 aliphatic rings. The lowest BCUT2D eigenvalue weighted by Gasteiger charge is -2.39. The van der Waals surface area contributed by atoms with Crippen molar-refractivity contribution in [1.29, 1.82) is 0 Å². The number of benzene rings is 3. The van der Waals surface area contributed by atoms with E-state index in [0.29, 0.717) is 19.5 Å². The lowest BCUT2D eigenvalue weighted by atomic mass is 9.99. The third kappa shape index (κ3) is 10.3. The minimum Gasteiger partial charge on any atom is -0.392 e. The van der Waals surface area contributed by atoms with E-state index in [1.54, 1.807) is 0 Å². The van der Waals surface area contributed by atoms with Crippen LogP contribution in [0.15, 0.2) is 78.9 Å². The normalized spacial score (nSPS) is 19.0. The van der Waals surface area contributed by atoms with Crippen LogP contribution < -0.4 is 10.6 Å². The van der Waals surface area contributed by atoms with Crippen molar-refractivity contribution in [2.75, 3.05) is 20.1 Å². The minimum atomic E-state index is -0.530. The summed E-state index contributed by atoms with van der Waals surface area (Å²) in [6.45, 7) is 5.59. The van der Waals surface area contributed by atoms with Gasteiger partial charge in [0.15, 0.2) is 6.29 Å². The Hall–Kier alpha value is -3.56. The van der Waals surface area contributed by atoms with Gasteiger partial charge < -0.3 is 25.2 Å². The molecule has 0 spiro atoms. The molecule has 0 aliphatic carbocycles. The summed E-state index contributed by atoms with van der Waals surface area (Å²) in [5.74, 6) is 0.00363. The van der Waals surface area contributed by atoms with Crippen LogP contribution in [0.1, 0.15) is 92.2 Å². The molecule has 1 saturated heterocycles. The molecule has 44 heavy (non-hydrogen) atoms. The molecule has 0 radical (unpaired) electrons. The first-order chi connectivity index (χ1) is 21.3. The summed E-state index contributed by atoms with van der Waals surface area (Å²) < 4.78 is 13.1. The Bertz CT molecular complexity index is 1300. The lowest BCUT2D eigenvalue weighted by Crippen LogP contribution is -2.38. The Morgan fingerprint density at radius 2 is 1.57 bits per heavy atom. The van der Waals surface area contributed by atoms with Gasteiger partial charge in [-0.2, -0.15) is 0 Å². The highest BCUT2D eigenvalue weighted by Gasteiger charge is 2.33. The summed E-state index contributed by atoms with van der Waals surface area (Å²) >= 11 is 0. The molecule has 0 aromatic heterocycles. The highest BCUT2D eigenvalue weighted by atomic mass is 16.7. The highest BCUT2D eigenvalue weighted by molar-refractivity contribution is 5.75. The topological polar surface area (TPSA) is 100 Å². The van der Waals surface area contributed by atoms with Crippen LogP contribution in [0.2, 0.25) is 0 Å². The average molecular weight is 602 g/mol. The van der Waals surface area contributed by atoms with E-state index >= 15 is 0 Å². The number of nitrogens with one attached hydrogen (secondary N) is 2. The second-order valence-electron chi connectivity index (χ2n) is 11.7. The second-order valence-corrected chi connectivity index (χ2v) is 11.7. The first kappa shape index (κ1) is 33.3. The van der Waals surface area contributed by atoms with Crippen molar-refractivity contribution in [2.45, 2.75) is 83.6 Å². The van der Waals surface area contributed by atoms with Gasteiger partial charge in [0.25, 0.3) is 0 Å². The van der Waals surface area contributed by atoms with Gasteiger partial charge in [-0.15, -0.1) is 0 Å². The number of carbonyl (C=O) groups excluding carboxylic acids is 2. The molecule has 4 rings (SSSR count). The lowest BCUT2D eigenvalue weighted by molar-refractivity contribution is -0.253. The van der Waals surface area contributed by atoms with Crippen LogP contribution in [0.5, 0.6) is 0 Å². The van der Waals surface area contributed by atoms with Crippen LogP contribution in [0.25, 0.3) is 0 Å². The van der Waals surface area contributed by atoms with Gasteiger partial charge in [-0.3, -0.25) is 14.5 Å². The van der Waals surface area contributed by atoms with Crippen molar-refractivity contribution in [3.05, 3.63) is 107 Å². The monoisotopic (exact) mass is 601 g/mol. The Morgan fingerprint density at radius 3 is 2.25 bits per heavy atom. The third-order valence-corrected chi connectivity index (χ3v) is 8.25. The van der Waals surface area contributed by atoms with Crippen molar-refractivity contribution in [2.24, 2.45) is 0 Å². The maximum atomic E-state index is 12.3. The molecular weight excluding hydrogens is 554 g/mol. The van der Waals surface area contributed by atoms with Crippen LogP contribution in [0.3, 0.4) is 0 Å². The predicted octanol–water partition coefficient (Wildman–Crippen LogP) is 5.73. The summed E-state index contributed by atoms with van der Waals surface area (Å²) in [5, 5.41) is 15.3. The van der Waals surface area contributed by atoms with E-state index in [-0.39, 0.29) is 36.7 Å². The SMILES string of the molecule is CC(=O)NCCCCCC(=O)NCc1ccc(C2OC(CN(C)C(C)c3ccccc3)CC(c3ccc(CO)cc3)O2)cc1. The largest absolute Gasteiger partial charge is 0.392 e. The molecule has 8 nitrogen and oxygen atoms in total. The standard InChI is InChI=1S/C36H47N3O5/c1-26(30-10-6-4-7-11-30)39(3)24-33-22-34(31-17-15-29(25-40)16-18-31)44-36(43-33)32-19-13-28(14-20-32)23-38-35(42)12-8-5-9-21-37-27(2)41/h4,6-7,10-11,13-20,26,33-34,36,40H,5,8-9,12,21-25H2,1-3H3,(H,37,41)(H,38,42). The summed E-state index contributed by atoms with van der Waals surface area (Å²) in [6.07, 6.45) is 3.03. The van der Waals surface area contributed by atoms with Crippen LogP contribution in [0.4, 0.5) is 0 Å². The van der Waals surface area contributed by atoms with Crippen LogP contribution in [-0.4, -0.2) is 48.1 Å². The fraction of sp³-hybridized carbons (Fsp3) is 0.444. The maximum Gasteiger partial charge on any atom is 0.220 e.